The van der Waals surface area contributed by atoms with E-state index in [1.807, 2.05) is 24.3 Å². The standard InChI is InChI=1S/C26H33NO2S/c1-3-24(26-12-18-8-19(13-26)10-20(9-18)14-26)27-25(28)23-11-21(16-30-23)15-29-22-6-4-5-17(2)7-22/h4-7,11,16,18-20,24H,3,8-10,12-15H2,1-2H3,(H,27,28). The van der Waals surface area contributed by atoms with E-state index in [2.05, 4.69) is 30.6 Å². The van der Waals surface area contributed by atoms with Crippen LogP contribution in [0.5, 0.6) is 5.75 Å². The molecule has 0 aliphatic heterocycles. The summed E-state index contributed by atoms with van der Waals surface area (Å²) in [5.74, 6) is 3.71. The molecule has 30 heavy (non-hydrogen) atoms. The zero-order valence-corrected chi connectivity index (χ0v) is 19.0. The Morgan fingerprint density at radius 3 is 2.50 bits per heavy atom. The first-order chi connectivity index (χ1) is 14.5. The van der Waals surface area contributed by atoms with Crippen LogP contribution < -0.4 is 10.1 Å². The van der Waals surface area contributed by atoms with Gasteiger partial charge in [0.1, 0.15) is 12.4 Å². The van der Waals surface area contributed by atoms with Gasteiger partial charge in [0, 0.05) is 11.6 Å². The number of amides is 1. The summed E-state index contributed by atoms with van der Waals surface area (Å²) >= 11 is 1.53. The molecule has 4 saturated carbocycles. The van der Waals surface area contributed by atoms with E-state index in [4.69, 9.17) is 4.74 Å². The first-order valence-corrected chi connectivity index (χ1v) is 12.5. The first kappa shape index (κ1) is 20.1. The summed E-state index contributed by atoms with van der Waals surface area (Å²) in [4.78, 5) is 13.9. The van der Waals surface area contributed by atoms with Gasteiger partial charge in [0.15, 0.2) is 0 Å². The van der Waals surface area contributed by atoms with Crippen molar-refractivity contribution < 1.29 is 9.53 Å². The lowest BCUT2D eigenvalue weighted by atomic mass is 9.47. The number of hydrogen-bond donors (Lipinski definition) is 1. The zero-order chi connectivity index (χ0) is 20.7. The second-order valence-electron chi connectivity index (χ2n) is 10.1. The van der Waals surface area contributed by atoms with Gasteiger partial charge in [-0.15, -0.1) is 11.3 Å². The van der Waals surface area contributed by atoms with Crippen LogP contribution in [0.4, 0.5) is 0 Å². The molecule has 0 saturated heterocycles. The summed E-state index contributed by atoms with van der Waals surface area (Å²) in [7, 11) is 0. The normalized spacial score (nSPS) is 30.3. The molecule has 4 heteroatoms. The number of aryl methyl sites for hydroxylation is 1. The van der Waals surface area contributed by atoms with Crippen molar-refractivity contribution in [2.24, 2.45) is 23.2 Å². The van der Waals surface area contributed by atoms with E-state index in [0.717, 1.165) is 40.4 Å². The molecule has 1 aromatic carbocycles. The van der Waals surface area contributed by atoms with Crippen molar-refractivity contribution in [3.63, 3.8) is 0 Å². The van der Waals surface area contributed by atoms with Gasteiger partial charge in [-0.3, -0.25) is 4.79 Å². The van der Waals surface area contributed by atoms with Gasteiger partial charge in [-0.25, -0.2) is 0 Å². The molecule has 4 fully saturated rings. The number of benzene rings is 1. The van der Waals surface area contributed by atoms with E-state index in [1.165, 1.54) is 55.4 Å². The van der Waals surface area contributed by atoms with Gasteiger partial charge in [-0.05, 0) is 104 Å². The number of ether oxygens (including phenoxy) is 1. The maximum Gasteiger partial charge on any atom is 0.261 e. The van der Waals surface area contributed by atoms with Crippen molar-refractivity contribution in [2.45, 2.75) is 71.4 Å². The fraction of sp³-hybridized carbons (Fsp3) is 0.577. The van der Waals surface area contributed by atoms with Crippen molar-refractivity contribution in [3.8, 4) is 5.75 Å². The average molecular weight is 424 g/mol. The Kier molecular flexibility index (Phi) is 5.38. The highest BCUT2D eigenvalue weighted by atomic mass is 32.1. The van der Waals surface area contributed by atoms with Crippen LogP contribution in [0.1, 0.15) is 72.7 Å². The maximum atomic E-state index is 13.1. The Morgan fingerprint density at radius 1 is 1.17 bits per heavy atom. The van der Waals surface area contributed by atoms with Gasteiger partial charge in [0.25, 0.3) is 5.91 Å². The molecule has 0 radical (unpaired) electrons. The minimum Gasteiger partial charge on any atom is -0.489 e. The van der Waals surface area contributed by atoms with Gasteiger partial charge in [-0.1, -0.05) is 19.1 Å². The molecule has 6 rings (SSSR count). The Morgan fingerprint density at radius 2 is 1.87 bits per heavy atom. The lowest BCUT2D eigenvalue weighted by Gasteiger charge is -2.59. The third-order valence-corrected chi connectivity index (χ3v) is 8.79. The van der Waals surface area contributed by atoms with Crippen molar-refractivity contribution in [1.82, 2.24) is 5.32 Å². The van der Waals surface area contributed by atoms with Gasteiger partial charge < -0.3 is 10.1 Å². The number of carbonyl (C=O) groups is 1. The zero-order valence-electron chi connectivity index (χ0n) is 18.2. The number of nitrogens with one attached hydrogen (secondary N) is 1. The van der Waals surface area contributed by atoms with Crippen LogP contribution in [0.3, 0.4) is 0 Å². The average Bonchev–Trinajstić information content (AvgIpc) is 3.18. The van der Waals surface area contributed by atoms with Gasteiger partial charge in [0.05, 0.1) is 4.88 Å². The van der Waals surface area contributed by atoms with E-state index in [-0.39, 0.29) is 5.91 Å². The third-order valence-electron chi connectivity index (χ3n) is 7.81. The second kappa shape index (κ2) is 8.03. The van der Waals surface area contributed by atoms with E-state index in [0.29, 0.717) is 18.1 Å². The van der Waals surface area contributed by atoms with Crippen LogP contribution in [0.25, 0.3) is 0 Å². The SMILES string of the molecule is CCC(NC(=O)c1cc(COc2cccc(C)c2)cs1)C12CC3CC(CC(C3)C1)C2. The topological polar surface area (TPSA) is 38.3 Å². The fourth-order valence-corrected chi connectivity index (χ4v) is 7.76. The Labute approximate surface area is 184 Å². The lowest BCUT2D eigenvalue weighted by Crippen LogP contribution is -2.56. The predicted molar refractivity (Wildman–Crippen MR) is 122 cm³/mol. The summed E-state index contributed by atoms with van der Waals surface area (Å²) in [6.45, 7) is 4.81. The molecule has 3 nitrogen and oxygen atoms in total. The maximum absolute atomic E-state index is 13.1. The minimum absolute atomic E-state index is 0.101. The molecular formula is C26H33NO2S. The van der Waals surface area contributed by atoms with Crippen LogP contribution in [0.2, 0.25) is 0 Å². The number of carbonyl (C=O) groups excluding carboxylic acids is 1. The van der Waals surface area contributed by atoms with Crippen molar-refractivity contribution >= 4 is 17.2 Å². The third kappa shape index (κ3) is 3.91. The molecule has 4 bridgehead atoms. The smallest absolute Gasteiger partial charge is 0.261 e. The summed E-state index contributed by atoms with van der Waals surface area (Å²) < 4.78 is 5.91. The second-order valence-corrected chi connectivity index (χ2v) is 11.0. The van der Waals surface area contributed by atoms with Crippen LogP contribution in [0, 0.1) is 30.1 Å². The van der Waals surface area contributed by atoms with Crippen molar-refractivity contribution in [2.75, 3.05) is 0 Å². The summed E-state index contributed by atoms with van der Waals surface area (Å²) in [6, 6.07) is 10.4. The molecule has 160 valence electrons. The highest BCUT2D eigenvalue weighted by Gasteiger charge is 2.54. The molecule has 2 aromatic rings. The molecule has 1 aromatic heterocycles. The number of hydrogen-bond acceptors (Lipinski definition) is 3. The molecule has 4 aliphatic carbocycles. The van der Waals surface area contributed by atoms with Gasteiger partial charge in [0.2, 0.25) is 0 Å². The first-order valence-electron chi connectivity index (χ1n) is 11.6. The minimum atomic E-state index is 0.101. The van der Waals surface area contributed by atoms with E-state index in [1.54, 1.807) is 0 Å². The summed E-state index contributed by atoms with van der Waals surface area (Å²) in [6.07, 6.45) is 9.36. The number of thiophene rings is 1. The van der Waals surface area contributed by atoms with Crippen LogP contribution in [-0.4, -0.2) is 11.9 Å². The molecule has 1 unspecified atom stereocenters. The van der Waals surface area contributed by atoms with Gasteiger partial charge in [-0.2, -0.15) is 0 Å². The quantitative estimate of drug-likeness (QED) is 0.563. The largest absolute Gasteiger partial charge is 0.489 e. The summed E-state index contributed by atoms with van der Waals surface area (Å²) in [5, 5.41) is 5.52. The molecule has 4 aliphatic rings. The fourth-order valence-electron chi connectivity index (χ4n) is 6.96. The predicted octanol–water partition coefficient (Wildman–Crippen LogP) is 6.36. The van der Waals surface area contributed by atoms with Crippen LogP contribution in [-0.2, 0) is 6.61 Å². The Bertz CT molecular complexity index is 882. The molecule has 1 N–H and O–H groups in total. The van der Waals surface area contributed by atoms with Gasteiger partial charge >= 0.3 is 0 Å². The molecule has 0 spiro atoms. The van der Waals surface area contributed by atoms with Crippen molar-refractivity contribution in [3.05, 3.63) is 51.7 Å². The molecule has 1 heterocycles. The van der Waals surface area contributed by atoms with Crippen molar-refractivity contribution in [1.29, 1.82) is 0 Å². The molecule has 1 amide bonds. The van der Waals surface area contributed by atoms with E-state index >= 15 is 0 Å². The summed E-state index contributed by atoms with van der Waals surface area (Å²) in [5.41, 5.74) is 2.61. The number of rotatable bonds is 7. The van der Waals surface area contributed by atoms with Crippen LogP contribution in [0.15, 0.2) is 35.7 Å². The Hall–Kier alpha value is -1.81. The lowest BCUT2D eigenvalue weighted by molar-refractivity contribution is -0.0727. The Balaban J connectivity index is 1.23. The molecule has 1 atom stereocenters. The molecular weight excluding hydrogens is 390 g/mol. The van der Waals surface area contributed by atoms with Crippen LogP contribution >= 0.6 is 11.3 Å². The van der Waals surface area contributed by atoms with E-state index in [9.17, 15) is 4.79 Å². The highest BCUT2D eigenvalue weighted by molar-refractivity contribution is 7.12. The monoisotopic (exact) mass is 423 g/mol. The highest BCUT2D eigenvalue weighted by Crippen LogP contribution is 2.61. The van der Waals surface area contributed by atoms with E-state index < -0.39 is 0 Å².